The fraction of sp³-hybridized carbons (Fsp3) is 0.143. The Kier molecular flexibility index (Phi) is 3.68. The highest BCUT2D eigenvalue weighted by Crippen LogP contribution is 2.42. The molecule has 3 N–H and O–H groups in total. The van der Waals surface area contributed by atoms with E-state index in [0.717, 1.165) is 0 Å². The molecule has 0 heterocycles. The van der Waals surface area contributed by atoms with E-state index < -0.39 is 5.51 Å². The minimum Gasteiger partial charge on any atom is -0.323 e. The van der Waals surface area contributed by atoms with Gasteiger partial charge >= 0.3 is 5.51 Å². The second-order valence-corrected chi connectivity index (χ2v) is 4.21. The zero-order valence-corrected chi connectivity index (χ0v) is 9.13. The molecule has 0 aliphatic rings. The summed E-state index contributed by atoms with van der Waals surface area (Å²) in [5.41, 5.74) is -1.59. The van der Waals surface area contributed by atoms with E-state index in [-0.39, 0.29) is 16.7 Å². The molecule has 0 saturated heterocycles. The zero-order valence-electron chi connectivity index (χ0n) is 6.73. The molecule has 1 aromatic carbocycles. The van der Waals surface area contributed by atoms with E-state index in [4.69, 9.17) is 5.84 Å². The molecular formula is C7H6BrF3N2S. The minimum atomic E-state index is -4.30. The van der Waals surface area contributed by atoms with Gasteiger partial charge in [-0.2, -0.15) is 13.2 Å². The molecule has 2 nitrogen and oxygen atoms in total. The summed E-state index contributed by atoms with van der Waals surface area (Å²) in [6, 6.07) is 4.43. The van der Waals surface area contributed by atoms with Crippen LogP contribution in [0.4, 0.5) is 18.9 Å². The van der Waals surface area contributed by atoms with Gasteiger partial charge in [0.05, 0.1) is 10.2 Å². The first-order valence-corrected chi connectivity index (χ1v) is 5.06. The van der Waals surface area contributed by atoms with Crippen molar-refractivity contribution in [1.82, 2.24) is 0 Å². The third-order valence-electron chi connectivity index (χ3n) is 1.34. The molecule has 7 heteroatoms. The number of nitrogens with one attached hydrogen (secondary N) is 1. The first kappa shape index (κ1) is 11.7. The van der Waals surface area contributed by atoms with Crippen molar-refractivity contribution < 1.29 is 13.2 Å². The molecule has 1 rings (SSSR count). The van der Waals surface area contributed by atoms with Crippen molar-refractivity contribution in [2.24, 2.45) is 5.84 Å². The SMILES string of the molecule is NNc1cccc(SC(F)(F)F)c1Br. The Morgan fingerprint density at radius 2 is 2.00 bits per heavy atom. The molecular weight excluding hydrogens is 281 g/mol. The minimum absolute atomic E-state index is 0.0768. The molecule has 0 aliphatic carbocycles. The van der Waals surface area contributed by atoms with Crippen molar-refractivity contribution in [3.8, 4) is 0 Å². The Morgan fingerprint density at radius 1 is 1.36 bits per heavy atom. The highest BCUT2D eigenvalue weighted by atomic mass is 79.9. The van der Waals surface area contributed by atoms with E-state index in [1.165, 1.54) is 12.1 Å². The van der Waals surface area contributed by atoms with Crippen molar-refractivity contribution >= 4 is 33.4 Å². The third kappa shape index (κ3) is 3.07. The predicted octanol–water partition coefficient (Wildman–Crippen LogP) is 3.35. The van der Waals surface area contributed by atoms with Crippen LogP contribution in [0.5, 0.6) is 0 Å². The Morgan fingerprint density at radius 3 is 2.50 bits per heavy atom. The number of halogens is 4. The van der Waals surface area contributed by atoms with Crippen LogP contribution in [0.3, 0.4) is 0 Å². The van der Waals surface area contributed by atoms with Crippen LogP contribution in [-0.2, 0) is 0 Å². The summed E-state index contributed by atoms with van der Waals surface area (Å²) in [5, 5.41) is 0. The molecule has 0 atom stereocenters. The smallest absolute Gasteiger partial charge is 0.323 e. The van der Waals surface area contributed by atoms with Crippen molar-refractivity contribution in [3.05, 3.63) is 22.7 Å². The van der Waals surface area contributed by atoms with Gasteiger partial charge in [-0.15, -0.1) is 0 Å². The van der Waals surface area contributed by atoms with E-state index in [0.29, 0.717) is 10.2 Å². The zero-order chi connectivity index (χ0) is 10.8. The number of hydrogen-bond donors (Lipinski definition) is 2. The second kappa shape index (κ2) is 4.41. The molecule has 0 bridgehead atoms. The average Bonchev–Trinajstić information content (AvgIpc) is 2.06. The Balaban J connectivity index is 2.98. The van der Waals surface area contributed by atoms with Crippen LogP contribution in [0, 0.1) is 0 Å². The van der Waals surface area contributed by atoms with Crippen molar-refractivity contribution in [3.63, 3.8) is 0 Å². The number of anilines is 1. The van der Waals surface area contributed by atoms with Gasteiger partial charge in [-0.1, -0.05) is 6.07 Å². The topological polar surface area (TPSA) is 38.0 Å². The molecule has 0 aromatic heterocycles. The van der Waals surface area contributed by atoms with Gasteiger partial charge in [0.1, 0.15) is 0 Å². The van der Waals surface area contributed by atoms with Gasteiger partial charge in [0.15, 0.2) is 0 Å². The number of rotatable bonds is 2. The molecule has 0 saturated carbocycles. The van der Waals surface area contributed by atoms with E-state index in [1.807, 2.05) is 0 Å². The van der Waals surface area contributed by atoms with Crippen molar-refractivity contribution in [1.29, 1.82) is 0 Å². The predicted molar refractivity (Wildman–Crippen MR) is 53.9 cm³/mol. The van der Waals surface area contributed by atoms with Crippen LogP contribution >= 0.6 is 27.7 Å². The van der Waals surface area contributed by atoms with Crippen molar-refractivity contribution in [2.75, 3.05) is 5.43 Å². The first-order chi connectivity index (χ1) is 6.44. The fourth-order valence-electron chi connectivity index (χ4n) is 0.826. The Hall–Kier alpha value is -0.400. The lowest BCUT2D eigenvalue weighted by molar-refractivity contribution is -0.0328. The van der Waals surface area contributed by atoms with Crippen LogP contribution in [0.1, 0.15) is 0 Å². The van der Waals surface area contributed by atoms with Gasteiger partial charge in [0.2, 0.25) is 0 Å². The number of alkyl halides is 3. The second-order valence-electron chi connectivity index (χ2n) is 2.31. The third-order valence-corrected chi connectivity index (χ3v) is 3.25. The molecule has 14 heavy (non-hydrogen) atoms. The van der Waals surface area contributed by atoms with E-state index in [2.05, 4.69) is 21.4 Å². The highest BCUT2D eigenvalue weighted by molar-refractivity contribution is 9.10. The number of nitrogens with two attached hydrogens (primary N) is 1. The van der Waals surface area contributed by atoms with Gasteiger partial charge < -0.3 is 5.43 Å². The van der Waals surface area contributed by atoms with Crippen LogP contribution in [0.2, 0.25) is 0 Å². The maximum absolute atomic E-state index is 12.0. The lowest BCUT2D eigenvalue weighted by Gasteiger charge is -2.10. The van der Waals surface area contributed by atoms with Crippen LogP contribution in [-0.4, -0.2) is 5.51 Å². The summed E-state index contributed by atoms with van der Waals surface area (Å²) < 4.78 is 36.5. The highest BCUT2D eigenvalue weighted by Gasteiger charge is 2.30. The molecule has 0 aliphatic heterocycles. The lowest BCUT2D eigenvalue weighted by Crippen LogP contribution is -2.08. The number of benzene rings is 1. The number of nitrogen functional groups attached to an aromatic ring is 1. The van der Waals surface area contributed by atoms with Crippen LogP contribution in [0.15, 0.2) is 27.6 Å². The summed E-state index contributed by atoms with van der Waals surface area (Å²) in [7, 11) is 0. The average molecular weight is 287 g/mol. The maximum Gasteiger partial charge on any atom is 0.446 e. The number of hydrogen-bond acceptors (Lipinski definition) is 3. The Labute approximate surface area is 91.1 Å². The van der Waals surface area contributed by atoms with Gasteiger partial charge in [0.25, 0.3) is 0 Å². The normalized spacial score (nSPS) is 11.5. The van der Waals surface area contributed by atoms with Gasteiger partial charge in [-0.05, 0) is 39.8 Å². The van der Waals surface area contributed by atoms with Crippen LogP contribution < -0.4 is 11.3 Å². The summed E-state index contributed by atoms with van der Waals surface area (Å²) in [5.74, 6) is 5.11. The molecule has 0 amide bonds. The summed E-state index contributed by atoms with van der Waals surface area (Å²) in [6.07, 6.45) is 0. The molecule has 0 radical (unpaired) electrons. The molecule has 78 valence electrons. The van der Waals surface area contributed by atoms with Crippen LogP contribution in [0.25, 0.3) is 0 Å². The number of thioether (sulfide) groups is 1. The monoisotopic (exact) mass is 286 g/mol. The molecule has 0 spiro atoms. The fourth-order valence-corrected chi connectivity index (χ4v) is 2.04. The standard InChI is InChI=1S/C7H6BrF3N2S/c8-6-4(13-12)2-1-3-5(6)14-7(9,10)11/h1-3,13H,12H2. The summed E-state index contributed by atoms with van der Waals surface area (Å²) in [4.78, 5) is 0.0768. The largest absolute Gasteiger partial charge is 0.446 e. The van der Waals surface area contributed by atoms with E-state index >= 15 is 0 Å². The van der Waals surface area contributed by atoms with E-state index in [1.54, 1.807) is 6.07 Å². The van der Waals surface area contributed by atoms with Gasteiger partial charge in [-0.25, -0.2) is 0 Å². The first-order valence-electron chi connectivity index (χ1n) is 3.45. The van der Waals surface area contributed by atoms with E-state index in [9.17, 15) is 13.2 Å². The maximum atomic E-state index is 12.0. The van der Waals surface area contributed by atoms with Crippen molar-refractivity contribution in [2.45, 2.75) is 10.4 Å². The quantitative estimate of drug-likeness (QED) is 0.497. The molecule has 1 aromatic rings. The molecule has 0 unspecified atom stereocenters. The summed E-state index contributed by atoms with van der Waals surface area (Å²) >= 11 is 2.85. The lowest BCUT2D eigenvalue weighted by atomic mass is 10.3. The molecule has 0 fully saturated rings. The van der Waals surface area contributed by atoms with Gasteiger partial charge in [0, 0.05) is 4.90 Å². The van der Waals surface area contributed by atoms with Gasteiger partial charge in [-0.3, -0.25) is 5.84 Å². The number of hydrazine groups is 1. The Bertz CT molecular complexity index is 329. The summed E-state index contributed by atoms with van der Waals surface area (Å²) in [6.45, 7) is 0.